The molecule has 27 heavy (non-hydrogen) atoms. The molecule has 0 radical (unpaired) electrons. The Morgan fingerprint density at radius 2 is 1.33 bits per heavy atom. The maximum Gasteiger partial charge on any atom is 0.0560 e. The van der Waals surface area contributed by atoms with Crippen molar-refractivity contribution in [3.8, 4) is 0 Å². The summed E-state index contributed by atoms with van der Waals surface area (Å²) in [4.78, 5) is 2.88. The lowest BCUT2D eigenvalue weighted by molar-refractivity contribution is 1.29. The van der Waals surface area contributed by atoms with Crippen LogP contribution in [-0.2, 0) is 0 Å². The van der Waals surface area contributed by atoms with E-state index in [1.165, 1.54) is 0 Å². The molecule has 0 spiro atoms. The maximum absolute atomic E-state index is 6.13. The molecule has 0 atom stereocenters. The molecule has 0 aliphatic rings. The fourth-order valence-corrected chi connectivity index (χ4v) is 3.90. The van der Waals surface area contributed by atoms with E-state index in [2.05, 4.69) is 12.6 Å². The Kier molecular flexibility index (Phi) is 10.6. The van der Waals surface area contributed by atoms with Crippen molar-refractivity contribution in [2.24, 2.45) is 0 Å². The van der Waals surface area contributed by atoms with Gasteiger partial charge in [0, 0.05) is 30.4 Å². The highest BCUT2D eigenvalue weighted by molar-refractivity contribution is 7.99. The lowest BCUT2D eigenvalue weighted by Crippen LogP contribution is -1.87. The quantitative estimate of drug-likeness (QED) is 0.272. The first kappa shape index (κ1) is 24.6. The van der Waals surface area contributed by atoms with Gasteiger partial charge >= 0.3 is 0 Å². The molecule has 0 bridgehead atoms. The molecular formula is C19H16Cl5NS2. The van der Waals surface area contributed by atoms with Crippen molar-refractivity contribution in [1.29, 1.82) is 0 Å². The smallest absolute Gasteiger partial charge is 0.0560 e. The zero-order valence-corrected chi connectivity index (χ0v) is 19.6. The lowest BCUT2D eigenvalue weighted by atomic mass is 10.2. The molecule has 0 aromatic heterocycles. The van der Waals surface area contributed by atoms with Crippen LogP contribution in [0, 0.1) is 6.92 Å². The Labute approximate surface area is 195 Å². The summed E-state index contributed by atoms with van der Waals surface area (Å²) >= 11 is 28.9. The van der Waals surface area contributed by atoms with E-state index >= 15 is 0 Å². The number of benzene rings is 3. The van der Waals surface area contributed by atoms with E-state index in [0.29, 0.717) is 20.1 Å². The van der Waals surface area contributed by atoms with Gasteiger partial charge in [0.25, 0.3) is 0 Å². The second-order valence-corrected chi connectivity index (χ2v) is 8.55. The van der Waals surface area contributed by atoms with Crippen molar-refractivity contribution in [2.75, 3.05) is 5.73 Å². The van der Waals surface area contributed by atoms with Crippen LogP contribution in [0.1, 0.15) is 5.56 Å². The zero-order chi connectivity index (χ0) is 19.3. The van der Waals surface area contributed by atoms with Crippen LogP contribution >= 0.6 is 83.2 Å². The number of hydrogen-bond donors (Lipinski definition) is 2. The van der Waals surface area contributed by atoms with Crippen molar-refractivity contribution < 1.29 is 0 Å². The van der Waals surface area contributed by atoms with Crippen molar-refractivity contribution in [1.82, 2.24) is 0 Å². The Bertz CT molecular complexity index is 869. The summed E-state index contributed by atoms with van der Waals surface area (Å²) in [6.45, 7) is 2.03. The highest BCUT2D eigenvalue weighted by Crippen LogP contribution is 2.36. The number of halogens is 5. The molecule has 0 saturated carbocycles. The van der Waals surface area contributed by atoms with Crippen molar-refractivity contribution in [2.45, 2.75) is 21.6 Å². The Morgan fingerprint density at radius 1 is 0.778 bits per heavy atom. The normalized spacial score (nSPS) is 9.85. The summed E-state index contributed by atoms with van der Waals surface area (Å²) in [5.74, 6) is 0. The number of nitrogens with two attached hydrogens (primary N) is 1. The lowest BCUT2D eigenvalue weighted by Gasteiger charge is -2.08. The number of thiol groups is 1. The van der Waals surface area contributed by atoms with Gasteiger partial charge in [-0.15, -0.1) is 25.0 Å². The molecule has 3 aromatic carbocycles. The van der Waals surface area contributed by atoms with Crippen LogP contribution in [0.3, 0.4) is 0 Å². The number of anilines is 1. The third-order valence-corrected chi connectivity index (χ3v) is 6.21. The van der Waals surface area contributed by atoms with Crippen LogP contribution in [0.15, 0.2) is 69.3 Å². The number of nitrogen functional groups attached to an aromatic ring is 1. The Balaban J connectivity index is 0.000000310. The summed E-state index contributed by atoms with van der Waals surface area (Å²) in [5.41, 5.74) is 7.63. The molecule has 0 heterocycles. The summed E-state index contributed by atoms with van der Waals surface area (Å²) in [6, 6.07) is 16.5. The largest absolute Gasteiger partial charge is 0.399 e. The van der Waals surface area contributed by atoms with Crippen molar-refractivity contribution >= 4 is 88.9 Å². The van der Waals surface area contributed by atoms with Gasteiger partial charge in [0.2, 0.25) is 0 Å². The van der Waals surface area contributed by atoms with Crippen LogP contribution < -0.4 is 5.73 Å². The highest BCUT2D eigenvalue weighted by Gasteiger charge is 2.06. The summed E-state index contributed by atoms with van der Waals surface area (Å²) in [6.07, 6.45) is 0. The molecule has 0 fully saturated rings. The third kappa shape index (κ3) is 7.86. The maximum atomic E-state index is 6.13. The molecule has 8 heteroatoms. The minimum atomic E-state index is 0. The minimum Gasteiger partial charge on any atom is -0.399 e. The van der Waals surface area contributed by atoms with Crippen molar-refractivity contribution in [3.63, 3.8) is 0 Å². The number of hydrogen-bond acceptors (Lipinski definition) is 3. The van der Waals surface area contributed by atoms with Gasteiger partial charge in [-0.05, 0) is 67.1 Å². The topological polar surface area (TPSA) is 26.0 Å². The third-order valence-electron chi connectivity index (χ3n) is 3.22. The van der Waals surface area contributed by atoms with E-state index in [4.69, 9.17) is 52.1 Å². The van der Waals surface area contributed by atoms with E-state index in [1.807, 2.05) is 37.3 Å². The van der Waals surface area contributed by atoms with E-state index in [1.54, 1.807) is 36.0 Å². The molecule has 0 saturated heterocycles. The molecule has 144 valence electrons. The molecular weight excluding hydrogens is 484 g/mol. The fraction of sp³-hybridized carbons (Fsp3) is 0.0526. The monoisotopic (exact) mass is 497 g/mol. The van der Waals surface area contributed by atoms with Gasteiger partial charge in [0.1, 0.15) is 0 Å². The molecule has 3 rings (SSSR count). The van der Waals surface area contributed by atoms with Gasteiger partial charge in [-0.2, -0.15) is 0 Å². The van der Waals surface area contributed by atoms with Crippen LogP contribution in [0.4, 0.5) is 5.69 Å². The van der Waals surface area contributed by atoms with E-state index in [9.17, 15) is 0 Å². The molecule has 0 aliphatic heterocycles. The standard InChI is InChI=1S/C13H11Cl2NS.C6H4Cl2S.ClH/c1-8-6-10(16)3-5-12(8)17-13-4-2-9(14)7-11(13)15;7-4-1-2-6(9)5(8)3-4;/h2-7H,16H2,1H3;1-3,9H;1H. The molecule has 0 unspecified atom stereocenters. The average molecular weight is 500 g/mol. The van der Waals surface area contributed by atoms with Gasteiger partial charge in [-0.1, -0.05) is 58.2 Å². The first-order valence-corrected chi connectivity index (χ1v) is 10.2. The second-order valence-electron chi connectivity index (χ2n) is 5.30. The van der Waals surface area contributed by atoms with Crippen molar-refractivity contribution in [3.05, 3.63) is 80.3 Å². The predicted octanol–water partition coefficient (Wildman–Crippen LogP) is 8.74. The number of aryl methyl sites for hydroxylation is 1. The van der Waals surface area contributed by atoms with Crippen LogP contribution in [0.2, 0.25) is 20.1 Å². The van der Waals surface area contributed by atoms with Gasteiger partial charge < -0.3 is 5.73 Å². The van der Waals surface area contributed by atoms with Gasteiger partial charge in [-0.3, -0.25) is 0 Å². The van der Waals surface area contributed by atoms with Gasteiger partial charge in [0.15, 0.2) is 0 Å². The minimum absolute atomic E-state index is 0. The first-order chi connectivity index (χ1) is 12.3. The summed E-state index contributed by atoms with van der Waals surface area (Å²) in [5, 5.41) is 2.54. The van der Waals surface area contributed by atoms with E-state index in [-0.39, 0.29) is 12.4 Å². The van der Waals surface area contributed by atoms with Crippen LogP contribution in [-0.4, -0.2) is 0 Å². The SMILES string of the molecule is Cc1cc(N)ccc1Sc1ccc(Cl)cc1Cl.Cl.Sc1ccc(Cl)cc1Cl. The van der Waals surface area contributed by atoms with Crippen LogP contribution in [0.25, 0.3) is 0 Å². The van der Waals surface area contributed by atoms with Crippen LogP contribution in [0.5, 0.6) is 0 Å². The molecule has 3 aromatic rings. The molecule has 1 nitrogen and oxygen atoms in total. The van der Waals surface area contributed by atoms with E-state index < -0.39 is 0 Å². The first-order valence-electron chi connectivity index (χ1n) is 7.39. The summed E-state index contributed by atoms with van der Waals surface area (Å²) < 4.78 is 0. The van der Waals surface area contributed by atoms with E-state index in [0.717, 1.165) is 25.9 Å². The Morgan fingerprint density at radius 3 is 1.85 bits per heavy atom. The van der Waals surface area contributed by atoms with Gasteiger partial charge in [-0.25, -0.2) is 0 Å². The average Bonchev–Trinajstić information content (AvgIpc) is 2.56. The summed E-state index contributed by atoms with van der Waals surface area (Å²) in [7, 11) is 0. The highest BCUT2D eigenvalue weighted by atomic mass is 35.5. The molecule has 0 amide bonds. The number of rotatable bonds is 2. The fourth-order valence-electron chi connectivity index (χ4n) is 1.94. The Hall–Kier alpha value is -0.390. The zero-order valence-electron chi connectivity index (χ0n) is 14.0. The predicted molar refractivity (Wildman–Crippen MR) is 127 cm³/mol. The van der Waals surface area contributed by atoms with Gasteiger partial charge in [0.05, 0.1) is 10.0 Å². The molecule has 2 N–H and O–H groups in total. The molecule has 0 aliphatic carbocycles. The second kappa shape index (κ2) is 11.6.